The fourth-order valence-corrected chi connectivity index (χ4v) is 2.13. The van der Waals surface area contributed by atoms with Crippen LogP contribution in [0.25, 0.3) is 0 Å². The van der Waals surface area contributed by atoms with E-state index in [1.54, 1.807) is 11.8 Å². The maximum Gasteiger partial charge on any atom is 0.318 e. The molecule has 18 heavy (non-hydrogen) atoms. The van der Waals surface area contributed by atoms with Crippen LogP contribution < -0.4 is 5.32 Å². The first-order valence-electron chi connectivity index (χ1n) is 6.27. The van der Waals surface area contributed by atoms with Crippen LogP contribution in [0.1, 0.15) is 32.6 Å². The number of amides is 2. The highest BCUT2D eigenvalue weighted by molar-refractivity contribution is 5.74. The monoisotopic (exact) mass is 252 g/mol. The van der Waals surface area contributed by atoms with Crippen LogP contribution in [0.5, 0.6) is 0 Å². The van der Waals surface area contributed by atoms with E-state index in [2.05, 4.69) is 17.2 Å². The molecule has 0 aromatic rings. The van der Waals surface area contributed by atoms with Crippen molar-refractivity contribution in [1.82, 2.24) is 10.2 Å². The summed E-state index contributed by atoms with van der Waals surface area (Å²) < 4.78 is 0. The van der Waals surface area contributed by atoms with Crippen LogP contribution in [-0.2, 0) is 4.79 Å². The summed E-state index contributed by atoms with van der Waals surface area (Å²) in [4.78, 5) is 24.1. The van der Waals surface area contributed by atoms with Gasteiger partial charge in [-0.3, -0.25) is 4.79 Å². The van der Waals surface area contributed by atoms with Crippen molar-refractivity contribution in [3.63, 3.8) is 0 Å². The second kappa shape index (κ2) is 7.59. The fraction of sp³-hybridized carbons (Fsp3) is 0.692. The zero-order valence-corrected chi connectivity index (χ0v) is 10.7. The molecular formula is C13H20N2O3. The molecule has 1 saturated heterocycles. The first-order valence-corrected chi connectivity index (χ1v) is 6.27. The maximum atomic E-state index is 11.8. The minimum atomic E-state index is -0.769. The third-order valence-electron chi connectivity index (χ3n) is 3.08. The Morgan fingerprint density at radius 1 is 1.50 bits per heavy atom. The normalized spacial score (nSPS) is 18.7. The Hall–Kier alpha value is -1.70. The summed E-state index contributed by atoms with van der Waals surface area (Å²) in [5.41, 5.74) is 0. The molecule has 0 aromatic heterocycles. The van der Waals surface area contributed by atoms with Crippen LogP contribution in [0.3, 0.4) is 0 Å². The van der Waals surface area contributed by atoms with Gasteiger partial charge < -0.3 is 15.3 Å². The van der Waals surface area contributed by atoms with Crippen LogP contribution in [0.4, 0.5) is 4.79 Å². The van der Waals surface area contributed by atoms with Gasteiger partial charge in [0.1, 0.15) is 0 Å². The zero-order valence-electron chi connectivity index (χ0n) is 10.7. The maximum absolute atomic E-state index is 11.8. The minimum absolute atomic E-state index is 0.0993. The number of urea groups is 1. The van der Waals surface area contributed by atoms with Crippen molar-refractivity contribution in [2.45, 2.75) is 32.6 Å². The molecule has 1 fully saturated rings. The van der Waals surface area contributed by atoms with E-state index in [-0.39, 0.29) is 12.5 Å². The highest BCUT2D eigenvalue weighted by Crippen LogP contribution is 2.20. The summed E-state index contributed by atoms with van der Waals surface area (Å²) >= 11 is 0. The number of carbonyl (C=O) groups excluding carboxylic acids is 1. The van der Waals surface area contributed by atoms with Gasteiger partial charge in [0, 0.05) is 19.5 Å². The molecule has 1 rings (SSSR count). The number of hydrogen-bond donors (Lipinski definition) is 2. The Kier molecular flexibility index (Phi) is 6.06. The van der Waals surface area contributed by atoms with Crippen LogP contribution >= 0.6 is 0 Å². The van der Waals surface area contributed by atoms with E-state index >= 15 is 0 Å². The lowest BCUT2D eigenvalue weighted by Crippen LogP contribution is -2.45. The molecular weight excluding hydrogens is 232 g/mol. The molecule has 1 aliphatic heterocycles. The SMILES string of the molecule is CC#CCNC(=O)N1CCCC(CCC(=O)O)C1. The van der Waals surface area contributed by atoms with E-state index in [1.165, 1.54) is 0 Å². The summed E-state index contributed by atoms with van der Waals surface area (Å²) in [6.45, 7) is 3.49. The van der Waals surface area contributed by atoms with Crippen molar-refractivity contribution in [2.75, 3.05) is 19.6 Å². The van der Waals surface area contributed by atoms with Gasteiger partial charge in [-0.1, -0.05) is 5.92 Å². The Labute approximate surface area is 108 Å². The molecule has 0 saturated carbocycles. The molecule has 0 spiro atoms. The number of nitrogens with one attached hydrogen (secondary N) is 1. The van der Waals surface area contributed by atoms with E-state index in [1.807, 2.05) is 0 Å². The molecule has 1 heterocycles. The average molecular weight is 252 g/mol. The molecule has 100 valence electrons. The van der Waals surface area contributed by atoms with E-state index < -0.39 is 5.97 Å². The summed E-state index contributed by atoms with van der Waals surface area (Å²) in [5.74, 6) is 5.04. The van der Waals surface area contributed by atoms with Gasteiger partial charge in [0.25, 0.3) is 0 Å². The first kappa shape index (κ1) is 14.4. The summed E-state index contributed by atoms with van der Waals surface area (Å²) in [6.07, 6.45) is 2.78. The van der Waals surface area contributed by atoms with E-state index in [0.29, 0.717) is 25.4 Å². The number of nitrogens with zero attached hydrogens (tertiary/aromatic N) is 1. The second-order valence-electron chi connectivity index (χ2n) is 4.47. The van der Waals surface area contributed by atoms with Crippen molar-refractivity contribution in [2.24, 2.45) is 5.92 Å². The number of aliphatic carboxylic acids is 1. The average Bonchev–Trinajstić information content (AvgIpc) is 2.37. The number of piperidine rings is 1. The predicted octanol–water partition coefficient (Wildman–Crippen LogP) is 1.30. The topological polar surface area (TPSA) is 69.6 Å². The smallest absolute Gasteiger partial charge is 0.318 e. The Balaban J connectivity index is 2.34. The lowest BCUT2D eigenvalue weighted by Gasteiger charge is -2.32. The lowest BCUT2D eigenvalue weighted by atomic mass is 9.93. The summed E-state index contributed by atoms with van der Waals surface area (Å²) in [7, 11) is 0. The number of hydrogen-bond acceptors (Lipinski definition) is 2. The zero-order chi connectivity index (χ0) is 13.4. The molecule has 2 N–H and O–H groups in total. The van der Waals surface area contributed by atoms with Gasteiger partial charge >= 0.3 is 12.0 Å². The molecule has 1 atom stereocenters. The lowest BCUT2D eigenvalue weighted by molar-refractivity contribution is -0.137. The molecule has 2 amide bonds. The van der Waals surface area contributed by atoms with Gasteiger partial charge in [-0.25, -0.2) is 4.79 Å². The predicted molar refractivity (Wildman–Crippen MR) is 68.0 cm³/mol. The Bertz CT molecular complexity index is 357. The molecule has 1 unspecified atom stereocenters. The van der Waals surface area contributed by atoms with Crippen molar-refractivity contribution in [3.05, 3.63) is 0 Å². The fourth-order valence-electron chi connectivity index (χ4n) is 2.13. The first-order chi connectivity index (χ1) is 8.63. The van der Waals surface area contributed by atoms with Gasteiger partial charge in [0.2, 0.25) is 0 Å². The highest BCUT2D eigenvalue weighted by Gasteiger charge is 2.23. The molecule has 0 bridgehead atoms. The largest absolute Gasteiger partial charge is 0.481 e. The van der Waals surface area contributed by atoms with E-state index in [4.69, 9.17) is 5.11 Å². The molecule has 0 aliphatic carbocycles. The number of carboxylic acids is 1. The summed E-state index contributed by atoms with van der Waals surface area (Å²) in [5, 5.41) is 11.4. The van der Waals surface area contributed by atoms with Gasteiger partial charge in [-0.15, -0.1) is 5.92 Å². The van der Waals surface area contributed by atoms with Crippen LogP contribution in [0, 0.1) is 17.8 Å². The standard InChI is InChI=1S/C13H20N2O3/c1-2-3-8-14-13(18)15-9-4-5-11(10-15)6-7-12(16)17/h11H,4-10H2,1H3,(H,14,18)(H,16,17). The van der Waals surface area contributed by atoms with Gasteiger partial charge in [0.05, 0.1) is 6.54 Å². The number of rotatable bonds is 4. The number of likely N-dealkylation sites (tertiary alicyclic amines) is 1. The number of carboxylic acid groups (broad SMARTS) is 1. The number of carbonyl (C=O) groups is 2. The van der Waals surface area contributed by atoms with Gasteiger partial charge in [-0.05, 0) is 32.1 Å². The molecule has 0 radical (unpaired) electrons. The van der Waals surface area contributed by atoms with E-state index in [9.17, 15) is 9.59 Å². The minimum Gasteiger partial charge on any atom is -0.481 e. The molecule has 5 heteroatoms. The third-order valence-corrected chi connectivity index (χ3v) is 3.08. The van der Waals surface area contributed by atoms with Crippen molar-refractivity contribution < 1.29 is 14.7 Å². The second-order valence-corrected chi connectivity index (χ2v) is 4.47. The van der Waals surface area contributed by atoms with E-state index in [0.717, 1.165) is 19.4 Å². The van der Waals surface area contributed by atoms with Crippen LogP contribution in [0.2, 0.25) is 0 Å². The van der Waals surface area contributed by atoms with Crippen LogP contribution in [-0.4, -0.2) is 41.6 Å². The quantitative estimate of drug-likeness (QED) is 0.741. The molecule has 1 aliphatic rings. The molecule has 5 nitrogen and oxygen atoms in total. The third kappa shape index (κ3) is 5.09. The molecule has 0 aromatic carbocycles. The van der Waals surface area contributed by atoms with Crippen LogP contribution in [0.15, 0.2) is 0 Å². The Morgan fingerprint density at radius 2 is 2.28 bits per heavy atom. The van der Waals surface area contributed by atoms with Crippen molar-refractivity contribution in [1.29, 1.82) is 0 Å². The Morgan fingerprint density at radius 3 is 2.94 bits per heavy atom. The summed E-state index contributed by atoms with van der Waals surface area (Å²) in [6, 6.07) is -0.0993. The highest BCUT2D eigenvalue weighted by atomic mass is 16.4. The van der Waals surface area contributed by atoms with Gasteiger partial charge in [-0.2, -0.15) is 0 Å². The van der Waals surface area contributed by atoms with Crippen molar-refractivity contribution in [3.8, 4) is 11.8 Å². The van der Waals surface area contributed by atoms with Gasteiger partial charge in [0.15, 0.2) is 0 Å². The van der Waals surface area contributed by atoms with Crippen molar-refractivity contribution >= 4 is 12.0 Å².